The largest absolute Gasteiger partial charge is 0.451 e. The van der Waals surface area contributed by atoms with E-state index in [-0.39, 0.29) is 11.4 Å². The first-order valence-electron chi connectivity index (χ1n) is 5.39. The Bertz CT molecular complexity index is 648. The van der Waals surface area contributed by atoms with E-state index in [9.17, 15) is 14.9 Å². The van der Waals surface area contributed by atoms with Crippen LogP contribution in [0.2, 0.25) is 0 Å². The van der Waals surface area contributed by atoms with Crippen molar-refractivity contribution in [2.75, 3.05) is 0 Å². The standard InChI is InChI=1S/C12H11N3O4/c1-7-8(3-2-4-9(7)15(17)18)10-5-6-11(19-10)12(16)14-13/h2-6H,13H2,1H3,(H,14,16). The summed E-state index contributed by atoms with van der Waals surface area (Å²) in [6.07, 6.45) is 0. The molecule has 1 heterocycles. The Balaban J connectivity index is 2.48. The number of nitrogens with one attached hydrogen (secondary N) is 1. The Morgan fingerprint density at radius 1 is 1.37 bits per heavy atom. The van der Waals surface area contributed by atoms with E-state index in [4.69, 9.17) is 10.3 Å². The van der Waals surface area contributed by atoms with Crippen molar-refractivity contribution in [3.8, 4) is 11.3 Å². The second-order valence-electron chi connectivity index (χ2n) is 3.84. The summed E-state index contributed by atoms with van der Waals surface area (Å²) in [6, 6.07) is 7.68. The third-order valence-corrected chi connectivity index (χ3v) is 2.73. The van der Waals surface area contributed by atoms with Gasteiger partial charge in [0.05, 0.1) is 4.92 Å². The first-order valence-corrected chi connectivity index (χ1v) is 5.39. The van der Waals surface area contributed by atoms with E-state index in [1.165, 1.54) is 12.1 Å². The molecule has 0 saturated carbocycles. The predicted molar refractivity (Wildman–Crippen MR) is 67.2 cm³/mol. The summed E-state index contributed by atoms with van der Waals surface area (Å²) in [5.74, 6) is 4.86. The highest BCUT2D eigenvalue weighted by molar-refractivity contribution is 5.91. The molecule has 0 radical (unpaired) electrons. The normalized spacial score (nSPS) is 10.2. The molecule has 7 nitrogen and oxygen atoms in total. The Morgan fingerprint density at radius 2 is 2.11 bits per heavy atom. The first-order chi connectivity index (χ1) is 9.04. The van der Waals surface area contributed by atoms with E-state index in [0.717, 1.165) is 0 Å². The molecule has 0 spiro atoms. The van der Waals surface area contributed by atoms with Crippen molar-refractivity contribution in [1.29, 1.82) is 0 Å². The second kappa shape index (κ2) is 4.91. The van der Waals surface area contributed by atoms with Crippen LogP contribution in [0.4, 0.5) is 5.69 Å². The SMILES string of the molecule is Cc1c(-c2ccc(C(=O)NN)o2)cccc1[N+](=O)[O-]. The van der Waals surface area contributed by atoms with Gasteiger partial charge in [0.25, 0.3) is 5.69 Å². The van der Waals surface area contributed by atoms with E-state index in [1.807, 2.05) is 5.43 Å². The Labute approximate surface area is 108 Å². The molecule has 0 aliphatic heterocycles. The molecule has 0 aliphatic carbocycles. The predicted octanol–water partition coefficient (Wildman–Crippen LogP) is 1.77. The fourth-order valence-electron chi connectivity index (χ4n) is 1.76. The molecule has 2 aromatic rings. The lowest BCUT2D eigenvalue weighted by molar-refractivity contribution is -0.385. The first kappa shape index (κ1) is 12.8. The number of amides is 1. The fraction of sp³-hybridized carbons (Fsp3) is 0.0833. The number of nitrogen functional groups attached to an aromatic ring is 1. The van der Waals surface area contributed by atoms with Crippen LogP contribution in [0.1, 0.15) is 16.1 Å². The number of hydrogen-bond acceptors (Lipinski definition) is 5. The number of carbonyl (C=O) groups excluding carboxylic acids is 1. The maximum absolute atomic E-state index is 11.3. The van der Waals surface area contributed by atoms with Crippen molar-refractivity contribution < 1.29 is 14.1 Å². The average Bonchev–Trinajstić information content (AvgIpc) is 2.87. The van der Waals surface area contributed by atoms with Crippen LogP contribution in [-0.2, 0) is 0 Å². The van der Waals surface area contributed by atoms with Gasteiger partial charge in [0.1, 0.15) is 5.76 Å². The Kier molecular flexibility index (Phi) is 3.30. The van der Waals surface area contributed by atoms with Gasteiger partial charge in [-0.2, -0.15) is 0 Å². The summed E-state index contributed by atoms with van der Waals surface area (Å²) in [5, 5.41) is 10.9. The van der Waals surface area contributed by atoms with Gasteiger partial charge in [-0.05, 0) is 19.1 Å². The molecule has 3 N–H and O–H groups in total. The van der Waals surface area contributed by atoms with Gasteiger partial charge in [-0.3, -0.25) is 20.3 Å². The zero-order chi connectivity index (χ0) is 14.0. The molecular weight excluding hydrogens is 250 g/mol. The zero-order valence-electron chi connectivity index (χ0n) is 10.0. The summed E-state index contributed by atoms with van der Waals surface area (Å²) in [5.41, 5.74) is 2.98. The topological polar surface area (TPSA) is 111 Å². The molecule has 0 bridgehead atoms. The highest BCUT2D eigenvalue weighted by Gasteiger charge is 2.17. The van der Waals surface area contributed by atoms with Crippen LogP contribution in [0.3, 0.4) is 0 Å². The third kappa shape index (κ3) is 2.31. The summed E-state index contributed by atoms with van der Waals surface area (Å²) >= 11 is 0. The average molecular weight is 261 g/mol. The van der Waals surface area contributed by atoms with Crippen molar-refractivity contribution in [2.24, 2.45) is 5.84 Å². The molecular formula is C12H11N3O4. The molecule has 19 heavy (non-hydrogen) atoms. The molecule has 2 rings (SSSR count). The van der Waals surface area contributed by atoms with Crippen LogP contribution in [-0.4, -0.2) is 10.8 Å². The number of hydrazine groups is 1. The van der Waals surface area contributed by atoms with Crippen LogP contribution in [0, 0.1) is 17.0 Å². The van der Waals surface area contributed by atoms with E-state index in [0.29, 0.717) is 16.9 Å². The van der Waals surface area contributed by atoms with Gasteiger partial charge < -0.3 is 4.42 Å². The fourth-order valence-corrected chi connectivity index (χ4v) is 1.76. The third-order valence-electron chi connectivity index (χ3n) is 2.73. The molecule has 0 aliphatic rings. The number of nitro benzene ring substituents is 1. The van der Waals surface area contributed by atoms with Gasteiger partial charge in [0.15, 0.2) is 5.76 Å². The molecule has 0 unspecified atom stereocenters. The highest BCUT2D eigenvalue weighted by atomic mass is 16.6. The molecule has 1 amide bonds. The van der Waals surface area contributed by atoms with E-state index in [2.05, 4.69) is 0 Å². The highest BCUT2D eigenvalue weighted by Crippen LogP contribution is 2.30. The maximum atomic E-state index is 11.3. The Hall–Kier alpha value is -2.67. The van der Waals surface area contributed by atoms with Crippen molar-refractivity contribution in [1.82, 2.24) is 5.43 Å². The smallest absolute Gasteiger partial charge is 0.300 e. The van der Waals surface area contributed by atoms with Crippen LogP contribution in [0.15, 0.2) is 34.7 Å². The number of rotatable bonds is 3. The van der Waals surface area contributed by atoms with Crippen molar-refractivity contribution in [3.63, 3.8) is 0 Å². The number of nitro groups is 1. The lowest BCUT2D eigenvalue weighted by Crippen LogP contribution is -2.29. The van der Waals surface area contributed by atoms with Gasteiger partial charge in [-0.1, -0.05) is 12.1 Å². The number of hydrogen-bond donors (Lipinski definition) is 2. The molecule has 98 valence electrons. The van der Waals surface area contributed by atoms with Crippen LogP contribution >= 0.6 is 0 Å². The summed E-state index contributed by atoms with van der Waals surface area (Å²) in [6.45, 7) is 1.62. The van der Waals surface area contributed by atoms with Gasteiger partial charge in [0.2, 0.25) is 0 Å². The number of nitrogens with zero attached hydrogens (tertiary/aromatic N) is 1. The summed E-state index contributed by atoms with van der Waals surface area (Å²) in [7, 11) is 0. The van der Waals surface area contributed by atoms with Crippen LogP contribution < -0.4 is 11.3 Å². The maximum Gasteiger partial charge on any atom is 0.300 e. The van der Waals surface area contributed by atoms with Gasteiger partial charge >= 0.3 is 5.91 Å². The van der Waals surface area contributed by atoms with Gasteiger partial charge in [-0.25, -0.2) is 5.84 Å². The molecule has 1 aromatic heterocycles. The quantitative estimate of drug-likeness (QED) is 0.378. The molecule has 0 fully saturated rings. The monoisotopic (exact) mass is 261 g/mol. The van der Waals surface area contributed by atoms with E-state index in [1.54, 1.807) is 25.1 Å². The van der Waals surface area contributed by atoms with E-state index >= 15 is 0 Å². The lowest BCUT2D eigenvalue weighted by Gasteiger charge is -2.03. The van der Waals surface area contributed by atoms with Crippen molar-refractivity contribution in [2.45, 2.75) is 6.92 Å². The van der Waals surface area contributed by atoms with Gasteiger partial charge in [0, 0.05) is 17.2 Å². The molecule has 0 atom stereocenters. The number of carbonyl (C=O) groups is 1. The number of benzene rings is 1. The summed E-state index contributed by atoms with van der Waals surface area (Å²) < 4.78 is 5.32. The minimum absolute atomic E-state index is 0.00118. The number of nitrogens with two attached hydrogens (primary N) is 1. The van der Waals surface area contributed by atoms with Crippen molar-refractivity contribution in [3.05, 3.63) is 51.8 Å². The zero-order valence-corrected chi connectivity index (χ0v) is 10.0. The summed E-state index contributed by atoms with van der Waals surface area (Å²) in [4.78, 5) is 21.7. The van der Waals surface area contributed by atoms with Gasteiger partial charge in [-0.15, -0.1) is 0 Å². The second-order valence-corrected chi connectivity index (χ2v) is 3.84. The molecule has 1 aromatic carbocycles. The van der Waals surface area contributed by atoms with E-state index < -0.39 is 10.8 Å². The Morgan fingerprint density at radius 3 is 2.74 bits per heavy atom. The minimum Gasteiger partial charge on any atom is -0.451 e. The minimum atomic E-state index is -0.561. The van der Waals surface area contributed by atoms with Crippen LogP contribution in [0.25, 0.3) is 11.3 Å². The number of furan rings is 1. The van der Waals surface area contributed by atoms with Crippen LogP contribution in [0.5, 0.6) is 0 Å². The molecule has 0 saturated heterocycles. The lowest BCUT2D eigenvalue weighted by atomic mass is 10.1. The van der Waals surface area contributed by atoms with Crippen molar-refractivity contribution >= 4 is 11.6 Å². The molecule has 7 heteroatoms.